The molecule has 1 aromatic heterocycles. The number of pyridine rings is 1. The Morgan fingerprint density at radius 3 is 3.05 bits per heavy atom. The summed E-state index contributed by atoms with van der Waals surface area (Å²) >= 11 is 0. The average Bonchev–Trinajstić information content (AvgIpc) is 2.95. The van der Waals surface area contributed by atoms with E-state index in [-0.39, 0.29) is 11.9 Å². The molecule has 0 radical (unpaired) electrons. The van der Waals surface area contributed by atoms with Crippen molar-refractivity contribution in [1.82, 2.24) is 10.3 Å². The molecule has 0 saturated heterocycles. The Bertz CT molecular complexity index is 625. The maximum Gasteiger partial charge on any atom is 0.251 e. The average molecular weight is 267 g/mol. The fraction of sp³-hybridized carbons (Fsp3) is 0.250. The van der Waals surface area contributed by atoms with Crippen LogP contribution in [0.2, 0.25) is 0 Å². The largest absolute Gasteiger partial charge is 0.384 e. The second-order valence-electron chi connectivity index (χ2n) is 5.00. The highest BCUT2D eigenvalue weighted by Crippen LogP contribution is 2.23. The lowest BCUT2D eigenvalue weighted by atomic mass is 10.1. The van der Waals surface area contributed by atoms with Crippen molar-refractivity contribution in [2.24, 2.45) is 0 Å². The van der Waals surface area contributed by atoms with Gasteiger partial charge in [0.15, 0.2) is 0 Å². The van der Waals surface area contributed by atoms with E-state index in [1.165, 1.54) is 5.56 Å². The number of benzene rings is 1. The van der Waals surface area contributed by atoms with Gasteiger partial charge in [0.2, 0.25) is 0 Å². The summed E-state index contributed by atoms with van der Waals surface area (Å²) in [5, 5.41) is 6.27. The van der Waals surface area contributed by atoms with Crippen LogP contribution in [0.5, 0.6) is 0 Å². The summed E-state index contributed by atoms with van der Waals surface area (Å²) in [5.41, 5.74) is 3.92. The van der Waals surface area contributed by atoms with E-state index >= 15 is 0 Å². The molecule has 1 atom stereocenters. The summed E-state index contributed by atoms with van der Waals surface area (Å²) in [5.74, 6) is -0.0575. The van der Waals surface area contributed by atoms with E-state index in [1.807, 2.05) is 43.3 Å². The van der Waals surface area contributed by atoms with E-state index in [1.54, 1.807) is 6.20 Å². The summed E-state index contributed by atoms with van der Waals surface area (Å²) in [6.45, 7) is 2.89. The molecule has 2 aromatic rings. The van der Waals surface area contributed by atoms with Crippen LogP contribution < -0.4 is 10.6 Å². The second-order valence-corrected chi connectivity index (χ2v) is 5.00. The Kier molecular flexibility index (Phi) is 3.37. The van der Waals surface area contributed by atoms with Gasteiger partial charge >= 0.3 is 0 Å². The number of anilines is 1. The number of nitrogens with zero attached hydrogens (tertiary/aromatic N) is 1. The Balaban J connectivity index is 1.73. The topological polar surface area (TPSA) is 54.0 Å². The van der Waals surface area contributed by atoms with E-state index < -0.39 is 0 Å². The molecular weight excluding hydrogens is 250 g/mol. The Labute approximate surface area is 118 Å². The van der Waals surface area contributed by atoms with Gasteiger partial charge in [-0.15, -0.1) is 0 Å². The van der Waals surface area contributed by atoms with Gasteiger partial charge in [-0.3, -0.25) is 9.78 Å². The van der Waals surface area contributed by atoms with Crippen molar-refractivity contribution in [2.45, 2.75) is 19.4 Å². The lowest BCUT2D eigenvalue weighted by Crippen LogP contribution is -2.27. The van der Waals surface area contributed by atoms with E-state index in [0.29, 0.717) is 5.56 Å². The zero-order chi connectivity index (χ0) is 13.9. The fourth-order valence-corrected chi connectivity index (χ4v) is 2.43. The summed E-state index contributed by atoms with van der Waals surface area (Å²) < 4.78 is 0. The van der Waals surface area contributed by atoms with Crippen molar-refractivity contribution in [3.8, 4) is 0 Å². The number of hydrogen-bond donors (Lipinski definition) is 2. The molecule has 3 rings (SSSR count). The first-order valence-electron chi connectivity index (χ1n) is 6.82. The predicted molar refractivity (Wildman–Crippen MR) is 78.8 cm³/mol. The molecular formula is C16H17N3O. The predicted octanol–water partition coefficient (Wildman–Crippen LogP) is 2.54. The van der Waals surface area contributed by atoms with Crippen molar-refractivity contribution < 1.29 is 4.79 Å². The van der Waals surface area contributed by atoms with Crippen LogP contribution in [0.15, 0.2) is 42.6 Å². The molecule has 20 heavy (non-hydrogen) atoms. The molecule has 1 amide bonds. The molecule has 102 valence electrons. The van der Waals surface area contributed by atoms with E-state index in [0.717, 1.165) is 24.3 Å². The molecule has 1 aliphatic heterocycles. The molecule has 0 saturated carbocycles. The van der Waals surface area contributed by atoms with Crippen LogP contribution in [0.3, 0.4) is 0 Å². The van der Waals surface area contributed by atoms with Crippen molar-refractivity contribution >= 4 is 11.6 Å². The van der Waals surface area contributed by atoms with Crippen LogP contribution in [0.1, 0.15) is 34.6 Å². The third kappa shape index (κ3) is 2.50. The van der Waals surface area contributed by atoms with E-state index in [4.69, 9.17) is 0 Å². The molecule has 0 bridgehead atoms. The van der Waals surface area contributed by atoms with Crippen molar-refractivity contribution in [2.75, 3.05) is 11.9 Å². The van der Waals surface area contributed by atoms with Gasteiger partial charge in [0, 0.05) is 24.0 Å². The smallest absolute Gasteiger partial charge is 0.251 e. The van der Waals surface area contributed by atoms with E-state index in [2.05, 4.69) is 15.6 Å². The van der Waals surface area contributed by atoms with Gasteiger partial charge in [0.25, 0.3) is 5.91 Å². The van der Waals surface area contributed by atoms with Crippen LogP contribution >= 0.6 is 0 Å². The maximum absolute atomic E-state index is 12.3. The van der Waals surface area contributed by atoms with Crippen LogP contribution in [-0.2, 0) is 6.42 Å². The molecule has 4 nitrogen and oxygen atoms in total. The van der Waals surface area contributed by atoms with Gasteiger partial charge in [-0.05, 0) is 49.2 Å². The lowest BCUT2D eigenvalue weighted by Gasteiger charge is -2.13. The standard InChI is InChI=1S/C16H17N3O/c1-11(14-4-2-3-8-17-14)19-16(20)13-5-6-15-12(10-13)7-9-18-15/h2-6,8,10-11,18H,7,9H2,1H3,(H,19,20)/t11-/m0/s1. The zero-order valence-corrected chi connectivity index (χ0v) is 11.4. The summed E-state index contributed by atoms with van der Waals surface area (Å²) in [6, 6.07) is 11.4. The number of fused-ring (bicyclic) bond motifs is 1. The highest BCUT2D eigenvalue weighted by atomic mass is 16.1. The van der Waals surface area contributed by atoms with Gasteiger partial charge in [-0.1, -0.05) is 6.07 Å². The number of hydrogen-bond acceptors (Lipinski definition) is 3. The maximum atomic E-state index is 12.3. The number of rotatable bonds is 3. The Morgan fingerprint density at radius 2 is 2.25 bits per heavy atom. The van der Waals surface area contributed by atoms with Crippen molar-refractivity contribution in [3.63, 3.8) is 0 Å². The molecule has 0 unspecified atom stereocenters. The first-order chi connectivity index (χ1) is 9.74. The van der Waals surface area contributed by atoms with Gasteiger partial charge in [0.1, 0.15) is 0 Å². The van der Waals surface area contributed by atoms with E-state index in [9.17, 15) is 4.79 Å². The first kappa shape index (κ1) is 12.7. The van der Waals surface area contributed by atoms with Crippen LogP contribution in [0.4, 0.5) is 5.69 Å². The molecule has 0 aliphatic carbocycles. The summed E-state index contributed by atoms with van der Waals surface area (Å²) in [7, 11) is 0. The van der Waals surface area contributed by atoms with Gasteiger partial charge in [-0.25, -0.2) is 0 Å². The molecule has 0 fully saturated rings. The Hall–Kier alpha value is -2.36. The van der Waals surface area contributed by atoms with Gasteiger partial charge in [-0.2, -0.15) is 0 Å². The number of carbonyl (C=O) groups is 1. The second kappa shape index (κ2) is 5.33. The minimum Gasteiger partial charge on any atom is -0.384 e. The monoisotopic (exact) mass is 267 g/mol. The number of carbonyl (C=O) groups excluding carboxylic acids is 1. The van der Waals surface area contributed by atoms with Crippen LogP contribution in [0.25, 0.3) is 0 Å². The molecule has 0 spiro atoms. The van der Waals surface area contributed by atoms with Crippen molar-refractivity contribution in [1.29, 1.82) is 0 Å². The number of aromatic nitrogens is 1. The highest BCUT2D eigenvalue weighted by molar-refractivity contribution is 5.95. The molecule has 1 aromatic carbocycles. The quantitative estimate of drug-likeness (QED) is 0.898. The third-order valence-electron chi connectivity index (χ3n) is 3.56. The minimum absolute atomic E-state index is 0.0575. The molecule has 2 N–H and O–H groups in total. The van der Waals surface area contributed by atoms with Crippen LogP contribution in [-0.4, -0.2) is 17.4 Å². The van der Waals surface area contributed by atoms with Gasteiger partial charge < -0.3 is 10.6 Å². The highest BCUT2D eigenvalue weighted by Gasteiger charge is 2.15. The number of nitrogens with one attached hydrogen (secondary N) is 2. The first-order valence-corrected chi connectivity index (χ1v) is 6.82. The lowest BCUT2D eigenvalue weighted by molar-refractivity contribution is 0.0939. The summed E-state index contributed by atoms with van der Waals surface area (Å²) in [4.78, 5) is 16.5. The zero-order valence-electron chi connectivity index (χ0n) is 11.4. The molecule has 4 heteroatoms. The third-order valence-corrected chi connectivity index (χ3v) is 3.56. The van der Waals surface area contributed by atoms with Gasteiger partial charge in [0.05, 0.1) is 11.7 Å². The fourth-order valence-electron chi connectivity index (χ4n) is 2.43. The molecule has 2 heterocycles. The normalized spacial score (nSPS) is 14.2. The SMILES string of the molecule is C[C@H](NC(=O)c1ccc2c(c1)CCN2)c1ccccn1. The summed E-state index contributed by atoms with van der Waals surface area (Å²) in [6.07, 6.45) is 2.71. The molecule has 1 aliphatic rings. The Morgan fingerprint density at radius 1 is 1.35 bits per heavy atom. The van der Waals surface area contributed by atoms with Crippen LogP contribution in [0, 0.1) is 0 Å². The van der Waals surface area contributed by atoms with Crippen molar-refractivity contribution in [3.05, 3.63) is 59.4 Å². The minimum atomic E-state index is -0.102. The number of amides is 1.